The highest BCUT2D eigenvalue weighted by Gasteiger charge is 2.34. The maximum Gasteiger partial charge on any atom is 0.338 e. The number of fused-ring (bicyclic) bond motifs is 1. The molecule has 0 saturated heterocycles. The van der Waals surface area contributed by atoms with Crippen LogP contribution in [0.25, 0.3) is 6.08 Å². The first kappa shape index (κ1) is 23.7. The number of hydrogen-bond donors (Lipinski definition) is 0. The molecule has 0 saturated carbocycles. The Kier molecular flexibility index (Phi) is 6.81. The molecule has 1 unspecified atom stereocenters. The van der Waals surface area contributed by atoms with Gasteiger partial charge in [0.1, 0.15) is 11.8 Å². The van der Waals surface area contributed by atoms with Crippen molar-refractivity contribution in [3.05, 3.63) is 95.6 Å². The van der Waals surface area contributed by atoms with E-state index < -0.39 is 18.0 Å². The zero-order chi connectivity index (χ0) is 24.4. The zero-order valence-electron chi connectivity index (χ0n) is 18.7. The molecule has 2 aromatic carbocycles. The molecule has 3 aromatic rings. The van der Waals surface area contributed by atoms with Crippen molar-refractivity contribution < 1.29 is 19.1 Å². The number of thiazole rings is 1. The van der Waals surface area contributed by atoms with E-state index >= 15 is 0 Å². The molecule has 174 valence electrons. The van der Waals surface area contributed by atoms with E-state index in [4.69, 9.17) is 21.1 Å². The third-order valence-electron chi connectivity index (χ3n) is 5.16. The highest BCUT2D eigenvalue weighted by Crippen LogP contribution is 2.34. The number of hydrogen-bond acceptors (Lipinski definition) is 7. The van der Waals surface area contributed by atoms with Crippen LogP contribution in [0.1, 0.15) is 37.9 Å². The molecular weight excluding hydrogens is 476 g/mol. The minimum Gasteiger partial charge on any atom is -0.463 e. The van der Waals surface area contributed by atoms with Crippen LogP contribution in [0, 0.1) is 0 Å². The smallest absolute Gasteiger partial charge is 0.338 e. The molecule has 7 nitrogen and oxygen atoms in total. The van der Waals surface area contributed by atoms with Crippen LogP contribution in [0.4, 0.5) is 0 Å². The average Bonchev–Trinajstić information content (AvgIpc) is 3.09. The summed E-state index contributed by atoms with van der Waals surface area (Å²) in [5.74, 6) is -0.531. The van der Waals surface area contributed by atoms with E-state index in [9.17, 15) is 14.4 Å². The molecule has 9 heteroatoms. The van der Waals surface area contributed by atoms with Crippen LogP contribution in [0.15, 0.2) is 69.6 Å². The van der Waals surface area contributed by atoms with Gasteiger partial charge in [0, 0.05) is 11.9 Å². The molecule has 4 rings (SSSR count). The van der Waals surface area contributed by atoms with Gasteiger partial charge in [0.25, 0.3) is 5.56 Å². The number of nitrogens with zero attached hydrogens (tertiary/aromatic N) is 2. The van der Waals surface area contributed by atoms with E-state index in [0.29, 0.717) is 31.4 Å². The van der Waals surface area contributed by atoms with Crippen molar-refractivity contribution in [2.24, 2.45) is 4.99 Å². The van der Waals surface area contributed by atoms with Gasteiger partial charge in [0.2, 0.25) is 0 Å². The Bertz CT molecular complexity index is 1480. The molecule has 2 heterocycles. The number of halogens is 1. The zero-order valence-corrected chi connectivity index (χ0v) is 20.3. The van der Waals surface area contributed by atoms with E-state index in [1.807, 2.05) is 0 Å². The molecule has 0 bridgehead atoms. The maximum atomic E-state index is 13.6. The second-order valence-electron chi connectivity index (χ2n) is 7.49. The fourth-order valence-electron chi connectivity index (χ4n) is 3.73. The second-order valence-corrected chi connectivity index (χ2v) is 8.90. The fraction of sp³-hybridized carbons (Fsp3) is 0.200. The number of rotatable bonds is 5. The van der Waals surface area contributed by atoms with Gasteiger partial charge in [0.15, 0.2) is 4.80 Å². The predicted molar refractivity (Wildman–Crippen MR) is 130 cm³/mol. The summed E-state index contributed by atoms with van der Waals surface area (Å²) in [6, 6.07) is 13.1. The quantitative estimate of drug-likeness (QED) is 0.399. The highest BCUT2D eigenvalue weighted by atomic mass is 35.5. The molecule has 1 aliphatic rings. The molecule has 0 aliphatic carbocycles. The standard InChI is InChI=1S/C25H21ClN2O5S/c1-4-32-24(31)21-14(2)27-25-28(22(21)18-7-5-6-8-19(18)26)23(30)20(34-25)13-16-9-11-17(12-10-16)33-15(3)29/h5-13,22H,4H2,1-3H3. The summed E-state index contributed by atoms with van der Waals surface area (Å²) in [6.07, 6.45) is 1.73. The van der Waals surface area contributed by atoms with E-state index in [-0.39, 0.29) is 17.7 Å². The Balaban J connectivity index is 1.88. The summed E-state index contributed by atoms with van der Waals surface area (Å²) < 4.78 is 12.3. The number of allylic oxidation sites excluding steroid dienone is 1. The summed E-state index contributed by atoms with van der Waals surface area (Å²) in [7, 11) is 0. The summed E-state index contributed by atoms with van der Waals surface area (Å²) in [5.41, 5.74) is 1.81. The van der Waals surface area contributed by atoms with E-state index in [1.54, 1.807) is 68.5 Å². The van der Waals surface area contributed by atoms with E-state index in [2.05, 4.69) is 4.99 Å². The van der Waals surface area contributed by atoms with Crippen molar-refractivity contribution in [3.8, 4) is 5.75 Å². The normalized spacial score (nSPS) is 15.5. The van der Waals surface area contributed by atoms with E-state index in [0.717, 1.165) is 5.56 Å². The predicted octanol–water partition coefficient (Wildman–Crippen LogP) is 3.38. The Morgan fingerprint density at radius 2 is 1.88 bits per heavy atom. The van der Waals surface area contributed by atoms with Crippen molar-refractivity contribution in [2.75, 3.05) is 6.61 Å². The van der Waals surface area contributed by atoms with Crippen LogP contribution < -0.4 is 19.6 Å². The van der Waals surface area contributed by atoms with Crippen LogP contribution in [0.2, 0.25) is 5.02 Å². The summed E-state index contributed by atoms with van der Waals surface area (Å²) in [5, 5.41) is 0.430. The van der Waals surface area contributed by atoms with Gasteiger partial charge in [-0.05, 0) is 49.2 Å². The second kappa shape index (κ2) is 9.79. The Morgan fingerprint density at radius 3 is 2.53 bits per heavy atom. The molecule has 0 fully saturated rings. The lowest BCUT2D eigenvalue weighted by Gasteiger charge is -2.25. The van der Waals surface area contributed by atoms with Gasteiger partial charge in [-0.25, -0.2) is 9.79 Å². The molecular formula is C25H21ClN2O5S. The van der Waals surface area contributed by atoms with Crippen LogP contribution in [0.5, 0.6) is 5.75 Å². The third-order valence-corrected chi connectivity index (χ3v) is 6.48. The third kappa shape index (κ3) is 4.60. The van der Waals surface area contributed by atoms with Gasteiger partial charge >= 0.3 is 11.9 Å². The van der Waals surface area contributed by atoms with Gasteiger partial charge in [-0.3, -0.25) is 14.2 Å². The molecule has 1 atom stereocenters. The summed E-state index contributed by atoms with van der Waals surface area (Å²) in [6.45, 7) is 4.97. The Labute approximate surface area is 204 Å². The lowest BCUT2D eigenvalue weighted by Crippen LogP contribution is -2.40. The lowest BCUT2D eigenvalue weighted by molar-refractivity contribution is -0.139. The molecule has 0 spiro atoms. The molecule has 0 radical (unpaired) electrons. The van der Waals surface area contributed by atoms with E-state index in [1.165, 1.54) is 22.8 Å². The Hall–Kier alpha value is -3.49. The molecule has 0 amide bonds. The average molecular weight is 497 g/mol. The topological polar surface area (TPSA) is 87.0 Å². The largest absolute Gasteiger partial charge is 0.463 e. The summed E-state index contributed by atoms with van der Waals surface area (Å²) in [4.78, 5) is 42.6. The summed E-state index contributed by atoms with van der Waals surface area (Å²) >= 11 is 7.72. The number of aromatic nitrogens is 1. The van der Waals surface area contributed by atoms with Crippen molar-refractivity contribution in [1.29, 1.82) is 0 Å². The number of carbonyl (C=O) groups excluding carboxylic acids is 2. The van der Waals surface area contributed by atoms with Crippen molar-refractivity contribution in [2.45, 2.75) is 26.8 Å². The van der Waals surface area contributed by atoms with Crippen LogP contribution in [-0.4, -0.2) is 23.1 Å². The molecule has 34 heavy (non-hydrogen) atoms. The number of carbonyl (C=O) groups is 2. The molecule has 1 aromatic heterocycles. The van der Waals surface area contributed by atoms with Crippen molar-refractivity contribution >= 4 is 41.0 Å². The van der Waals surface area contributed by atoms with Crippen LogP contribution in [0.3, 0.4) is 0 Å². The number of benzene rings is 2. The van der Waals surface area contributed by atoms with Crippen molar-refractivity contribution in [3.63, 3.8) is 0 Å². The SMILES string of the molecule is CCOC(=O)C1=C(C)N=c2sc(=Cc3ccc(OC(C)=O)cc3)c(=O)n2C1c1ccccc1Cl. The number of ether oxygens (including phenoxy) is 2. The fourth-order valence-corrected chi connectivity index (χ4v) is 5.02. The van der Waals surface area contributed by atoms with Gasteiger partial charge in [0.05, 0.1) is 22.4 Å². The minimum atomic E-state index is -0.766. The first-order chi connectivity index (χ1) is 16.3. The first-order valence-electron chi connectivity index (χ1n) is 10.5. The van der Waals surface area contributed by atoms with Gasteiger partial charge in [-0.15, -0.1) is 0 Å². The monoisotopic (exact) mass is 496 g/mol. The van der Waals surface area contributed by atoms with Crippen molar-refractivity contribution in [1.82, 2.24) is 4.57 Å². The molecule has 0 N–H and O–H groups in total. The highest BCUT2D eigenvalue weighted by molar-refractivity contribution is 7.07. The lowest BCUT2D eigenvalue weighted by atomic mass is 9.96. The van der Waals surface area contributed by atoms with Gasteiger partial charge < -0.3 is 9.47 Å². The first-order valence-corrected chi connectivity index (χ1v) is 11.7. The molecule has 1 aliphatic heterocycles. The minimum absolute atomic E-state index is 0.193. The maximum absolute atomic E-state index is 13.6. The van der Waals surface area contributed by atoms with Gasteiger partial charge in [-0.2, -0.15) is 0 Å². The van der Waals surface area contributed by atoms with Crippen LogP contribution >= 0.6 is 22.9 Å². The van der Waals surface area contributed by atoms with Gasteiger partial charge in [-0.1, -0.05) is 53.3 Å². The van der Waals surface area contributed by atoms with Crippen LogP contribution in [-0.2, 0) is 14.3 Å². The Morgan fingerprint density at radius 1 is 1.18 bits per heavy atom. The number of esters is 2.